The molecule has 0 aliphatic heterocycles. The smallest absolute Gasteiger partial charge is 0.228 e. The van der Waals surface area contributed by atoms with Crippen molar-refractivity contribution >= 4 is 17.2 Å². The van der Waals surface area contributed by atoms with E-state index < -0.39 is 0 Å². The molecule has 0 bridgehead atoms. The Balaban J connectivity index is 1.61. The van der Waals surface area contributed by atoms with Crippen LogP contribution >= 0.6 is 11.3 Å². The Labute approximate surface area is 157 Å². The highest BCUT2D eigenvalue weighted by Gasteiger charge is 2.16. The van der Waals surface area contributed by atoms with E-state index in [1.54, 1.807) is 0 Å². The van der Waals surface area contributed by atoms with Crippen LogP contribution < -0.4 is 5.73 Å². The van der Waals surface area contributed by atoms with Gasteiger partial charge in [0.2, 0.25) is 5.91 Å². The van der Waals surface area contributed by atoms with Gasteiger partial charge in [-0.2, -0.15) is 0 Å². The molecule has 2 heterocycles. The number of thiazole rings is 1. The van der Waals surface area contributed by atoms with E-state index >= 15 is 0 Å². The van der Waals surface area contributed by atoms with Gasteiger partial charge in [-0.1, -0.05) is 30.3 Å². The molecule has 26 heavy (non-hydrogen) atoms. The van der Waals surface area contributed by atoms with Gasteiger partial charge in [0.1, 0.15) is 5.76 Å². The molecular weight excluding hydrogens is 346 g/mol. The fourth-order valence-electron chi connectivity index (χ4n) is 2.74. The minimum atomic E-state index is 0.0545. The number of aromatic nitrogens is 1. The number of benzene rings is 1. The normalized spacial score (nSPS) is 10.8. The summed E-state index contributed by atoms with van der Waals surface area (Å²) in [5, 5.41) is 2.72. The van der Waals surface area contributed by atoms with Crippen LogP contribution in [0.4, 0.5) is 0 Å². The molecular formula is C20H23N3O2S. The van der Waals surface area contributed by atoms with Crippen molar-refractivity contribution in [2.24, 2.45) is 5.73 Å². The van der Waals surface area contributed by atoms with E-state index in [9.17, 15) is 4.79 Å². The second-order valence-electron chi connectivity index (χ2n) is 6.14. The van der Waals surface area contributed by atoms with Crippen LogP contribution in [0.5, 0.6) is 0 Å². The maximum Gasteiger partial charge on any atom is 0.228 e. The van der Waals surface area contributed by atoms with Crippen LogP contribution in [0.15, 0.2) is 52.3 Å². The van der Waals surface area contributed by atoms with Crippen LogP contribution in [-0.4, -0.2) is 35.4 Å². The Morgan fingerprint density at radius 1 is 1.19 bits per heavy atom. The molecule has 0 spiro atoms. The van der Waals surface area contributed by atoms with Crippen molar-refractivity contribution in [3.63, 3.8) is 0 Å². The average molecular weight is 369 g/mol. The van der Waals surface area contributed by atoms with Gasteiger partial charge in [-0.05, 0) is 31.0 Å². The van der Waals surface area contributed by atoms with E-state index in [0.717, 1.165) is 28.6 Å². The quantitative estimate of drug-likeness (QED) is 0.661. The van der Waals surface area contributed by atoms with Crippen LogP contribution in [-0.2, 0) is 17.6 Å². The minimum Gasteiger partial charge on any atom is -0.459 e. The summed E-state index contributed by atoms with van der Waals surface area (Å²) in [5.74, 6) is 1.65. The monoisotopic (exact) mass is 369 g/mol. The maximum atomic E-state index is 12.7. The molecule has 0 aliphatic rings. The number of carbonyl (C=O) groups excluding carboxylic acids is 1. The van der Waals surface area contributed by atoms with Gasteiger partial charge in [0.25, 0.3) is 0 Å². The van der Waals surface area contributed by atoms with Crippen LogP contribution in [0, 0.1) is 6.92 Å². The van der Waals surface area contributed by atoms with Crippen molar-refractivity contribution in [1.82, 2.24) is 9.88 Å². The summed E-state index contributed by atoms with van der Waals surface area (Å²) in [7, 11) is 0. The van der Waals surface area contributed by atoms with E-state index in [2.05, 4.69) is 17.1 Å². The summed E-state index contributed by atoms with van der Waals surface area (Å²) < 4.78 is 5.60. The SMILES string of the molecule is Cc1ccc(-c2nc(CC(=O)N(CCN)CCc3ccccc3)cs2)o1. The van der Waals surface area contributed by atoms with Gasteiger partial charge in [0.05, 0.1) is 12.1 Å². The highest BCUT2D eigenvalue weighted by molar-refractivity contribution is 7.13. The number of nitrogens with two attached hydrogens (primary N) is 1. The number of furan rings is 1. The van der Waals surface area contributed by atoms with Crippen molar-refractivity contribution in [1.29, 1.82) is 0 Å². The van der Waals surface area contributed by atoms with Gasteiger partial charge in [-0.3, -0.25) is 4.79 Å². The Hall–Kier alpha value is -2.44. The molecule has 0 unspecified atom stereocenters. The van der Waals surface area contributed by atoms with E-state index in [-0.39, 0.29) is 12.3 Å². The zero-order chi connectivity index (χ0) is 18.4. The van der Waals surface area contributed by atoms with Crippen LogP contribution in [0.2, 0.25) is 0 Å². The molecule has 1 aromatic carbocycles. The highest BCUT2D eigenvalue weighted by atomic mass is 32.1. The van der Waals surface area contributed by atoms with E-state index in [1.165, 1.54) is 16.9 Å². The lowest BCUT2D eigenvalue weighted by atomic mass is 10.1. The number of carbonyl (C=O) groups is 1. The number of rotatable bonds is 8. The Morgan fingerprint density at radius 2 is 2.00 bits per heavy atom. The molecule has 2 N–H and O–H groups in total. The molecule has 3 rings (SSSR count). The molecule has 2 aromatic heterocycles. The Kier molecular flexibility index (Phi) is 6.20. The zero-order valence-electron chi connectivity index (χ0n) is 14.9. The summed E-state index contributed by atoms with van der Waals surface area (Å²) in [5.41, 5.74) is 7.68. The molecule has 136 valence electrons. The molecule has 0 saturated heterocycles. The largest absolute Gasteiger partial charge is 0.459 e. The number of aryl methyl sites for hydroxylation is 1. The fourth-order valence-corrected chi connectivity index (χ4v) is 3.52. The molecule has 0 saturated carbocycles. The number of hydrogen-bond donors (Lipinski definition) is 1. The fraction of sp³-hybridized carbons (Fsp3) is 0.300. The molecule has 6 heteroatoms. The van der Waals surface area contributed by atoms with Gasteiger partial charge in [0.15, 0.2) is 10.8 Å². The lowest BCUT2D eigenvalue weighted by molar-refractivity contribution is -0.130. The summed E-state index contributed by atoms with van der Waals surface area (Å²) >= 11 is 1.49. The molecule has 0 radical (unpaired) electrons. The molecule has 1 amide bonds. The Bertz CT molecular complexity index is 842. The Morgan fingerprint density at radius 3 is 2.69 bits per heavy atom. The third-order valence-electron chi connectivity index (χ3n) is 4.10. The van der Waals surface area contributed by atoms with Gasteiger partial charge >= 0.3 is 0 Å². The average Bonchev–Trinajstić information content (AvgIpc) is 3.28. The lowest BCUT2D eigenvalue weighted by Crippen LogP contribution is -2.37. The van der Waals surface area contributed by atoms with Gasteiger partial charge in [-0.15, -0.1) is 11.3 Å². The van der Waals surface area contributed by atoms with Crippen molar-refractivity contribution in [2.45, 2.75) is 19.8 Å². The first kappa shape index (κ1) is 18.4. The number of nitrogens with zero attached hydrogens (tertiary/aromatic N) is 2. The zero-order valence-corrected chi connectivity index (χ0v) is 15.7. The second-order valence-corrected chi connectivity index (χ2v) is 6.99. The second kappa shape index (κ2) is 8.78. The predicted octanol–water partition coefficient (Wildman–Crippen LogP) is 3.28. The molecule has 0 fully saturated rings. The maximum absolute atomic E-state index is 12.7. The summed E-state index contributed by atoms with van der Waals surface area (Å²) in [6.07, 6.45) is 1.10. The summed E-state index contributed by atoms with van der Waals surface area (Å²) in [6.45, 7) is 3.57. The van der Waals surface area contributed by atoms with E-state index in [4.69, 9.17) is 10.2 Å². The molecule has 0 atom stereocenters. The van der Waals surface area contributed by atoms with Crippen LogP contribution in [0.25, 0.3) is 10.8 Å². The highest BCUT2D eigenvalue weighted by Crippen LogP contribution is 2.25. The van der Waals surface area contributed by atoms with Crippen molar-refractivity contribution in [2.75, 3.05) is 19.6 Å². The van der Waals surface area contributed by atoms with Crippen molar-refractivity contribution in [3.8, 4) is 10.8 Å². The first-order valence-electron chi connectivity index (χ1n) is 8.68. The van der Waals surface area contributed by atoms with Crippen LogP contribution in [0.3, 0.4) is 0 Å². The van der Waals surface area contributed by atoms with Crippen LogP contribution in [0.1, 0.15) is 17.0 Å². The van der Waals surface area contributed by atoms with E-state index in [1.807, 2.05) is 47.5 Å². The van der Waals surface area contributed by atoms with Gasteiger partial charge in [0, 0.05) is 25.0 Å². The summed E-state index contributed by atoms with van der Waals surface area (Å²) in [6, 6.07) is 14.0. The first-order chi connectivity index (χ1) is 12.7. The molecule has 5 nitrogen and oxygen atoms in total. The van der Waals surface area contributed by atoms with Crippen molar-refractivity contribution < 1.29 is 9.21 Å². The minimum absolute atomic E-state index is 0.0545. The van der Waals surface area contributed by atoms with Gasteiger partial charge in [-0.25, -0.2) is 4.98 Å². The third kappa shape index (κ3) is 4.80. The van der Waals surface area contributed by atoms with Gasteiger partial charge < -0.3 is 15.1 Å². The van der Waals surface area contributed by atoms with E-state index in [0.29, 0.717) is 19.6 Å². The lowest BCUT2D eigenvalue weighted by Gasteiger charge is -2.21. The molecule has 3 aromatic rings. The predicted molar refractivity (Wildman–Crippen MR) is 104 cm³/mol. The standard InChI is InChI=1S/C20H23N3O2S/c1-15-7-8-18(25-15)20-22-17(14-26-20)13-19(24)23(12-10-21)11-9-16-5-3-2-4-6-16/h2-8,14H,9-13,21H2,1H3. The third-order valence-corrected chi connectivity index (χ3v) is 5.01. The summed E-state index contributed by atoms with van der Waals surface area (Å²) in [4.78, 5) is 19.0. The first-order valence-corrected chi connectivity index (χ1v) is 9.56. The molecule has 0 aliphatic carbocycles. The topological polar surface area (TPSA) is 72.4 Å². The number of amides is 1. The number of hydrogen-bond acceptors (Lipinski definition) is 5. The van der Waals surface area contributed by atoms with Crippen molar-refractivity contribution in [3.05, 3.63) is 64.9 Å².